The van der Waals surface area contributed by atoms with Gasteiger partial charge in [-0.15, -0.1) is 0 Å². The lowest BCUT2D eigenvalue weighted by atomic mass is 10.0. The molecule has 1 unspecified atom stereocenters. The van der Waals surface area contributed by atoms with Crippen LogP contribution in [0.25, 0.3) is 0 Å². The number of methoxy groups -OCH3 is 1. The molecule has 0 bridgehead atoms. The van der Waals surface area contributed by atoms with E-state index in [-0.39, 0.29) is 34.6 Å². The zero-order valence-corrected chi connectivity index (χ0v) is 17.5. The van der Waals surface area contributed by atoms with Crippen molar-refractivity contribution in [2.24, 2.45) is 5.92 Å². The Morgan fingerprint density at radius 3 is 2.79 bits per heavy atom. The van der Waals surface area contributed by atoms with Gasteiger partial charge in [-0.2, -0.15) is 4.31 Å². The predicted octanol–water partition coefficient (Wildman–Crippen LogP) is 2.99. The first-order chi connectivity index (χ1) is 13.9. The molecule has 0 radical (unpaired) electrons. The first-order valence-electron chi connectivity index (χ1n) is 9.21. The van der Waals surface area contributed by atoms with E-state index in [0.29, 0.717) is 24.4 Å². The molecule has 29 heavy (non-hydrogen) atoms. The van der Waals surface area contributed by atoms with Crippen LogP contribution in [0.15, 0.2) is 47.4 Å². The molecule has 2 N–H and O–H groups in total. The summed E-state index contributed by atoms with van der Waals surface area (Å²) >= 11 is 6.18. The number of piperidine rings is 1. The molecule has 3 rings (SSSR count). The average Bonchev–Trinajstić information content (AvgIpc) is 2.74. The van der Waals surface area contributed by atoms with E-state index in [1.54, 1.807) is 24.3 Å². The molecule has 2 aromatic carbocycles. The van der Waals surface area contributed by atoms with Gasteiger partial charge in [0.1, 0.15) is 5.75 Å². The second-order valence-electron chi connectivity index (χ2n) is 6.85. The maximum atomic E-state index is 13.0. The second-order valence-corrected chi connectivity index (χ2v) is 9.20. The third-order valence-corrected chi connectivity index (χ3v) is 7.11. The normalized spacial score (nSPS) is 17.7. The van der Waals surface area contributed by atoms with Crippen molar-refractivity contribution in [2.45, 2.75) is 17.7 Å². The van der Waals surface area contributed by atoms with Crippen LogP contribution in [0.5, 0.6) is 5.75 Å². The van der Waals surface area contributed by atoms with Crippen LogP contribution in [-0.4, -0.2) is 50.5 Å². The summed E-state index contributed by atoms with van der Waals surface area (Å²) in [5.41, 5.74) is 0.500. The number of aliphatic hydroxyl groups excluding tert-OH is 1. The molecule has 1 saturated heterocycles. The molecule has 0 aromatic heterocycles. The number of amides is 1. The van der Waals surface area contributed by atoms with Crippen LogP contribution in [0.1, 0.15) is 23.2 Å². The summed E-state index contributed by atoms with van der Waals surface area (Å²) in [6.07, 6.45) is 1.47. The number of carbonyl (C=O) groups is 1. The Hall–Kier alpha value is -2.13. The first kappa shape index (κ1) is 21.6. The summed E-state index contributed by atoms with van der Waals surface area (Å²) in [7, 11) is -2.32. The van der Waals surface area contributed by atoms with E-state index in [9.17, 15) is 18.3 Å². The summed E-state index contributed by atoms with van der Waals surface area (Å²) in [4.78, 5) is 12.8. The third kappa shape index (κ3) is 4.72. The number of hydrogen-bond acceptors (Lipinski definition) is 5. The lowest BCUT2D eigenvalue weighted by Gasteiger charge is -2.31. The molecule has 1 aliphatic rings. The Bertz CT molecular complexity index is 996. The summed E-state index contributed by atoms with van der Waals surface area (Å²) < 4.78 is 32.7. The highest BCUT2D eigenvalue weighted by Gasteiger charge is 2.30. The fraction of sp³-hybridized carbons (Fsp3) is 0.350. The van der Waals surface area contributed by atoms with E-state index >= 15 is 0 Å². The number of hydrogen-bond donors (Lipinski definition) is 2. The molecule has 1 amide bonds. The van der Waals surface area contributed by atoms with Gasteiger partial charge in [0.2, 0.25) is 10.0 Å². The number of carbonyl (C=O) groups excluding carboxylic acids is 1. The van der Waals surface area contributed by atoms with Crippen LogP contribution in [0.4, 0.5) is 5.69 Å². The average molecular weight is 439 g/mol. The molecular weight excluding hydrogens is 416 g/mol. The van der Waals surface area contributed by atoms with Crippen molar-refractivity contribution in [1.82, 2.24) is 4.31 Å². The third-order valence-electron chi connectivity index (χ3n) is 4.92. The number of sulfonamides is 1. The Kier molecular flexibility index (Phi) is 6.79. The van der Waals surface area contributed by atoms with Gasteiger partial charge in [-0.1, -0.05) is 23.7 Å². The molecule has 0 saturated carbocycles. The zero-order chi connectivity index (χ0) is 21.0. The molecule has 1 fully saturated rings. The van der Waals surface area contributed by atoms with Gasteiger partial charge in [-0.3, -0.25) is 4.79 Å². The number of aliphatic hydroxyl groups is 1. The lowest BCUT2D eigenvalue weighted by molar-refractivity contribution is 0.102. The summed E-state index contributed by atoms with van der Waals surface area (Å²) in [6.45, 7) is 0.577. The van der Waals surface area contributed by atoms with Gasteiger partial charge in [-0.25, -0.2) is 8.42 Å². The van der Waals surface area contributed by atoms with Crippen molar-refractivity contribution in [3.05, 3.63) is 53.1 Å². The fourth-order valence-corrected chi connectivity index (χ4v) is 5.10. The van der Waals surface area contributed by atoms with E-state index in [2.05, 4.69) is 5.32 Å². The molecule has 0 spiro atoms. The number of benzene rings is 2. The monoisotopic (exact) mass is 438 g/mol. The molecule has 9 heteroatoms. The smallest absolute Gasteiger partial charge is 0.257 e. The number of anilines is 1. The van der Waals surface area contributed by atoms with Crippen molar-refractivity contribution in [2.75, 3.05) is 32.1 Å². The van der Waals surface area contributed by atoms with Crippen molar-refractivity contribution < 1.29 is 23.1 Å². The van der Waals surface area contributed by atoms with Crippen molar-refractivity contribution in [1.29, 1.82) is 0 Å². The van der Waals surface area contributed by atoms with Crippen LogP contribution in [0.2, 0.25) is 5.02 Å². The lowest BCUT2D eigenvalue weighted by Crippen LogP contribution is -2.40. The maximum Gasteiger partial charge on any atom is 0.257 e. The van der Waals surface area contributed by atoms with Crippen LogP contribution >= 0.6 is 11.6 Å². The summed E-state index contributed by atoms with van der Waals surface area (Å²) in [5, 5.41) is 12.2. The summed E-state index contributed by atoms with van der Waals surface area (Å²) in [5.74, 6) is -0.147. The second kappa shape index (κ2) is 9.13. The topological polar surface area (TPSA) is 95.9 Å². The quantitative estimate of drug-likeness (QED) is 0.722. The van der Waals surface area contributed by atoms with Crippen LogP contribution in [0, 0.1) is 5.92 Å². The highest BCUT2D eigenvalue weighted by Crippen LogP contribution is 2.28. The minimum Gasteiger partial charge on any atom is -0.495 e. The first-order valence-corrected chi connectivity index (χ1v) is 11.0. The molecule has 2 aromatic rings. The van der Waals surface area contributed by atoms with Gasteiger partial charge < -0.3 is 15.2 Å². The Morgan fingerprint density at radius 1 is 1.31 bits per heavy atom. The van der Waals surface area contributed by atoms with Gasteiger partial charge in [0.25, 0.3) is 5.91 Å². The van der Waals surface area contributed by atoms with Gasteiger partial charge in [0.15, 0.2) is 0 Å². The zero-order valence-electron chi connectivity index (χ0n) is 16.0. The molecule has 1 aliphatic heterocycles. The van der Waals surface area contributed by atoms with Gasteiger partial charge >= 0.3 is 0 Å². The largest absolute Gasteiger partial charge is 0.495 e. The van der Waals surface area contributed by atoms with Crippen LogP contribution < -0.4 is 10.1 Å². The Morgan fingerprint density at radius 2 is 2.07 bits per heavy atom. The maximum absolute atomic E-state index is 13.0. The summed E-state index contributed by atoms with van der Waals surface area (Å²) in [6, 6.07) is 11.0. The van der Waals surface area contributed by atoms with E-state index in [1.165, 1.54) is 29.6 Å². The highest BCUT2D eigenvalue weighted by atomic mass is 35.5. The minimum atomic E-state index is -3.80. The highest BCUT2D eigenvalue weighted by molar-refractivity contribution is 7.89. The number of halogens is 1. The fourth-order valence-electron chi connectivity index (χ4n) is 3.32. The van der Waals surface area contributed by atoms with Gasteiger partial charge in [0.05, 0.1) is 28.3 Å². The molecule has 156 valence electrons. The number of nitrogens with one attached hydrogen (secondary N) is 1. The number of ether oxygens (including phenoxy) is 1. The van der Waals surface area contributed by atoms with Gasteiger partial charge in [-0.05, 0) is 49.1 Å². The number of rotatable bonds is 6. The van der Waals surface area contributed by atoms with Crippen molar-refractivity contribution in [3.8, 4) is 5.75 Å². The van der Waals surface area contributed by atoms with E-state index in [0.717, 1.165) is 6.42 Å². The predicted molar refractivity (Wildman–Crippen MR) is 111 cm³/mol. The van der Waals surface area contributed by atoms with E-state index in [4.69, 9.17) is 16.3 Å². The molecule has 1 heterocycles. The number of nitrogens with zero attached hydrogens (tertiary/aromatic N) is 1. The number of para-hydroxylation sites is 2. The van der Waals surface area contributed by atoms with E-state index < -0.39 is 15.9 Å². The van der Waals surface area contributed by atoms with Crippen molar-refractivity contribution in [3.63, 3.8) is 0 Å². The van der Waals surface area contributed by atoms with E-state index in [1.807, 2.05) is 0 Å². The minimum absolute atomic E-state index is 0.00864. The molecule has 7 nitrogen and oxygen atoms in total. The molecule has 0 aliphatic carbocycles. The molecule has 1 atom stereocenters. The van der Waals surface area contributed by atoms with Crippen molar-refractivity contribution >= 4 is 33.2 Å². The Labute approximate surface area is 175 Å². The van der Waals surface area contributed by atoms with Crippen LogP contribution in [0.3, 0.4) is 0 Å². The SMILES string of the molecule is COc1ccccc1NC(=O)c1cc(S(=O)(=O)N2CCCC(CO)C2)ccc1Cl. The van der Waals surface area contributed by atoms with Crippen LogP contribution in [-0.2, 0) is 10.0 Å². The standard InChI is InChI=1S/C20H23ClN2O5S/c1-28-19-7-3-2-6-18(19)22-20(25)16-11-15(8-9-17(16)21)29(26,27)23-10-4-5-14(12-23)13-24/h2-3,6-9,11,14,24H,4-5,10,12-13H2,1H3,(H,22,25). The molecular formula is C20H23ClN2O5S. The van der Waals surface area contributed by atoms with Gasteiger partial charge in [0, 0.05) is 19.7 Å². The Balaban J connectivity index is 1.88.